The summed E-state index contributed by atoms with van der Waals surface area (Å²) in [4.78, 5) is 49.5. The highest BCUT2D eigenvalue weighted by Gasteiger charge is 2.51. The smallest absolute Gasteiger partial charge is 0.407 e. The summed E-state index contributed by atoms with van der Waals surface area (Å²) in [6.07, 6.45) is 3.13. The molecule has 2 N–H and O–H groups in total. The number of nitrogens with one attached hydrogen (secondary N) is 2. The second kappa shape index (κ2) is 11.5. The Morgan fingerprint density at radius 2 is 1.79 bits per heavy atom. The van der Waals surface area contributed by atoms with Gasteiger partial charge in [0.2, 0.25) is 0 Å². The van der Waals surface area contributed by atoms with Gasteiger partial charge in [0.15, 0.2) is 35.4 Å². The molecule has 0 bridgehead atoms. The molecule has 1 aliphatic carbocycles. The van der Waals surface area contributed by atoms with Crippen molar-refractivity contribution >= 4 is 35.0 Å². The van der Waals surface area contributed by atoms with E-state index in [1.807, 2.05) is 0 Å². The lowest BCUT2D eigenvalue weighted by Crippen LogP contribution is -2.41. The van der Waals surface area contributed by atoms with Crippen LogP contribution in [0, 0.1) is 0 Å². The molecule has 14 nitrogen and oxygen atoms in total. The summed E-state index contributed by atoms with van der Waals surface area (Å²) in [5.41, 5.74) is 0.912. The Bertz CT molecular complexity index is 1160. The van der Waals surface area contributed by atoms with Gasteiger partial charge < -0.3 is 34.3 Å². The normalized spacial score (nSPS) is 27.4. The van der Waals surface area contributed by atoms with Crippen LogP contribution in [-0.4, -0.2) is 87.8 Å². The zero-order valence-electron chi connectivity index (χ0n) is 21.3. The van der Waals surface area contributed by atoms with Crippen LogP contribution < -0.4 is 10.6 Å². The Labute approximate surface area is 218 Å². The van der Waals surface area contributed by atoms with Crippen molar-refractivity contribution in [1.82, 2.24) is 24.8 Å². The van der Waals surface area contributed by atoms with Gasteiger partial charge >= 0.3 is 18.0 Å². The van der Waals surface area contributed by atoms with Gasteiger partial charge in [-0.15, -0.1) is 0 Å². The molecule has 2 saturated heterocycles. The van der Waals surface area contributed by atoms with E-state index in [0.717, 1.165) is 32.1 Å². The van der Waals surface area contributed by atoms with Crippen molar-refractivity contribution in [1.29, 1.82) is 0 Å². The number of nitrogens with zero attached hydrogens (tertiary/aromatic N) is 4. The van der Waals surface area contributed by atoms with Crippen LogP contribution in [0.3, 0.4) is 0 Å². The van der Waals surface area contributed by atoms with Crippen LogP contribution in [0.5, 0.6) is 0 Å². The number of esters is 2. The molecular weight excluding hydrogens is 500 g/mol. The maximum Gasteiger partial charge on any atom is 0.407 e. The van der Waals surface area contributed by atoms with Gasteiger partial charge in [0, 0.05) is 26.5 Å². The number of carbonyl (C=O) groups is 3. The molecule has 5 atom stereocenters. The molecule has 38 heavy (non-hydrogen) atoms. The summed E-state index contributed by atoms with van der Waals surface area (Å²) in [6.45, 7) is 3.50. The predicted octanol–water partition coefficient (Wildman–Crippen LogP) is 1.46. The van der Waals surface area contributed by atoms with Gasteiger partial charge in [-0.25, -0.2) is 19.7 Å². The van der Waals surface area contributed by atoms with E-state index in [9.17, 15) is 14.4 Å². The van der Waals surface area contributed by atoms with E-state index in [-0.39, 0.29) is 18.7 Å². The summed E-state index contributed by atoms with van der Waals surface area (Å²) in [5.74, 6) is -0.657. The lowest BCUT2D eigenvalue weighted by atomic mass is 10.1. The van der Waals surface area contributed by atoms with Crippen LogP contribution in [0.2, 0.25) is 0 Å². The summed E-state index contributed by atoms with van der Waals surface area (Å²) in [5, 5.41) is 6.17. The van der Waals surface area contributed by atoms with Crippen LogP contribution in [0.4, 0.5) is 10.6 Å². The van der Waals surface area contributed by atoms with Gasteiger partial charge in [-0.05, 0) is 19.3 Å². The number of alkyl carbamates (subject to hydrolysis) is 1. The van der Waals surface area contributed by atoms with E-state index >= 15 is 0 Å². The standard InChI is InChI=1S/C24H32N6O8/c1-13(31)36-19-17(10-35-24(33)29-15-5-3-4-6-15)38-23(20(19)37-14(2)32)30-12-27-18-21(25-11-26-22(18)30)28-16-7-8-34-9-16/h11-12,15-17,19-20,23H,3-10H2,1-2H3,(H,29,33)(H,25,26,28)/t16-,17+,19-,20-,23-/m1/s1. The van der Waals surface area contributed by atoms with E-state index < -0.39 is 42.6 Å². The zero-order chi connectivity index (χ0) is 26.6. The fourth-order valence-corrected chi connectivity index (χ4v) is 5.14. The maximum atomic E-state index is 12.4. The molecule has 0 unspecified atom stereocenters. The second-order valence-electron chi connectivity index (χ2n) is 9.69. The molecule has 1 amide bonds. The number of anilines is 1. The second-order valence-corrected chi connectivity index (χ2v) is 9.69. The van der Waals surface area contributed by atoms with E-state index in [1.165, 1.54) is 26.5 Å². The Balaban J connectivity index is 1.38. The summed E-state index contributed by atoms with van der Waals surface area (Å²) < 4.78 is 29.7. The molecule has 4 heterocycles. The minimum Gasteiger partial charge on any atom is -0.455 e. The maximum absolute atomic E-state index is 12.4. The minimum atomic E-state index is -1.05. The molecule has 0 aromatic carbocycles. The Morgan fingerprint density at radius 3 is 2.50 bits per heavy atom. The number of ether oxygens (including phenoxy) is 5. The van der Waals surface area contributed by atoms with Gasteiger partial charge in [0.1, 0.15) is 19.0 Å². The molecule has 3 aliphatic rings. The number of carbonyl (C=O) groups excluding carboxylic acids is 3. The first-order valence-electron chi connectivity index (χ1n) is 12.8. The molecule has 14 heteroatoms. The van der Waals surface area contributed by atoms with Gasteiger partial charge in [-0.3, -0.25) is 14.2 Å². The van der Waals surface area contributed by atoms with Crippen LogP contribution >= 0.6 is 0 Å². The van der Waals surface area contributed by atoms with Gasteiger partial charge in [-0.1, -0.05) is 12.8 Å². The first-order valence-corrected chi connectivity index (χ1v) is 12.8. The number of imidazole rings is 1. The average Bonchev–Trinajstić information content (AvgIpc) is 3.67. The van der Waals surface area contributed by atoms with E-state index in [1.54, 1.807) is 4.57 Å². The molecule has 0 radical (unpaired) electrons. The Hall–Kier alpha value is -3.52. The van der Waals surface area contributed by atoms with Crippen molar-refractivity contribution in [2.75, 3.05) is 25.1 Å². The summed E-state index contributed by atoms with van der Waals surface area (Å²) in [7, 11) is 0. The third-order valence-electron chi connectivity index (χ3n) is 6.85. The number of rotatable bonds is 8. The molecule has 0 spiro atoms. The molecule has 2 aromatic rings. The number of hydrogen-bond donors (Lipinski definition) is 2. The Kier molecular flexibility index (Phi) is 7.88. The molecular formula is C24H32N6O8. The van der Waals surface area contributed by atoms with Crippen LogP contribution in [0.1, 0.15) is 52.2 Å². The molecule has 2 aliphatic heterocycles. The summed E-state index contributed by atoms with van der Waals surface area (Å²) >= 11 is 0. The van der Waals surface area contributed by atoms with Gasteiger partial charge in [0.05, 0.1) is 19.0 Å². The number of amides is 1. The quantitative estimate of drug-likeness (QED) is 0.372. The number of aromatic nitrogens is 4. The van der Waals surface area contributed by atoms with E-state index in [0.29, 0.717) is 30.2 Å². The molecule has 5 rings (SSSR count). The highest BCUT2D eigenvalue weighted by atomic mass is 16.7. The van der Waals surface area contributed by atoms with Crippen molar-refractivity contribution in [3.05, 3.63) is 12.7 Å². The van der Waals surface area contributed by atoms with Crippen LogP contribution in [0.15, 0.2) is 12.7 Å². The Morgan fingerprint density at radius 1 is 1.03 bits per heavy atom. The van der Waals surface area contributed by atoms with Crippen molar-refractivity contribution in [2.45, 2.75) is 82.6 Å². The van der Waals surface area contributed by atoms with Crippen molar-refractivity contribution in [2.24, 2.45) is 0 Å². The first kappa shape index (κ1) is 26.1. The van der Waals surface area contributed by atoms with Gasteiger partial charge in [0.25, 0.3) is 0 Å². The zero-order valence-corrected chi connectivity index (χ0v) is 21.3. The third kappa shape index (κ3) is 5.80. The topological polar surface area (TPSA) is 165 Å². The average molecular weight is 533 g/mol. The van der Waals surface area contributed by atoms with Crippen molar-refractivity contribution in [3.63, 3.8) is 0 Å². The lowest BCUT2D eigenvalue weighted by Gasteiger charge is -2.24. The monoisotopic (exact) mass is 532 g/mol. The van der Waals surface area contributed by atoms with E-state index in [4.69, 9.17) is 23.7 Å². The van der Waals surface area contributed by atoms with Crippen molar-refractivity contribution in [3.8, 4) is 0 Å². The summed E-state index contributed by atoms with van der Waals surface area (Å²) in [6, 6.07) is 0.174. The number of fused-ring (bicyclic) bond motifs is 1. The fourth-order valence-electron chi connectivity index (χ4n) is 5.14. The number of hydrogen-bond acceptors (Lipinski definition) is 12. The predicted molar refractivity (Wildman–Crippen MR) is 130 cm³/mol. The molecule has 1 saturated carbocycles. The largest absolute Gasteiger partial charge is 0.455 e. The highest BCUT2D eigenvalue weighted by molar-refractivity contribution is 5.83. The molecule has 2 aromatic heterocycles. The fraction of sp³-hybridized carbons (Fsp3) is 0.667. The minimum absolute atomic E-state index is 0.0772. The SMILES string of the molecule is CC(=O)O[C@@H]1[C@H](OC(C)=O)[C@H](COC(=O)NC2CCCC2)O[C@H]1n1cnc2c(N[C@@H]3CCOC3)ncnc21. The third-order valence-corrected chi connectivity index (χ3v) is 6.85. The first-order chi connectivity index (χ1) is 18.4. The van der Waals surface area contributed by atoms with Crippen LogP contribution in [-0.2, 0) is 33.3 Å². The molecule has 3 fully saturated rings. The van der Waals surface area contributed by atoms with E-state index in [2.05, 4.69) is 25.6 Å². The van der Waals surface area contributed by atoms with Gasteiger partial charge in [-0.2, -0.15) is 0 Å². The highest BCUT2D eigenvalue weighted by Crippen LogP contribution is 2.36. The lowest BCUT2D eigenvalue weighted by molar-refractivity contribution is -0.165. The molecule has 206 valence electrons. The van der Waals surface area contributed by atoms with Crippen LogP contribution in [0.25, 0.3) is 11.2 Å². The van der Waals surface area contributed by atoms with Crippen molar-refractivity contribution < 1.29 is 38.1 Å².